The van der Waals surface area contributed by atoms with Crippen molar-refractivity contribution in [2.45, 2.75) is 30.9 Å². The van der Waals surface area contributed by atoms with E-state index >= 15 is 0 Å². The first-order valence-electron chi connectivity index (χ1n) is 8.62. The van der Waals surface area contributed by atoms with Gasteiger partial charge in [-0.2, -0.15) is 4.68 Å². The van der Waals surface area contributed by atoms with Gasteiger partial charge in [-0.05, 0) is 33.7 Å². The molecule has 3 atom stereocenters. The second-order valence-corrected chi connectivity index (χ2v) is 7.28. The molecule has 3 aromatic rings. The minimum atomic E-state index is -0.807. The van der Waals surface area contributed by atoms with Crippen LogP contribution in [0.3, 0.4) is 0 Å². The monoisotopic (exact) mass is 386 g/mol. The van der Waals surface area contributed by atoms with E-state index in [1.54, 1.807) is 35.9 Å². The first kappa shape index (κ1) is 19.5. The molecule has 0 amide bonds. The van der Waals surface area contributed by atoms with Crippen LogP contribution in [0, 0.1) is 5.92 Å². The molecule has 2 aromatic carbocycles. The highest BCUT2D eigenvalue weighted by atomic mass is 32.2. The first-order chi connectivity index (χ1) is 13.1. The molecule has 1 heterocycles. The summed E-state index contributed by atoms with van der Waals surface area (Å²) in [5.41, 5.74) is 2.33. The van der Waals surface area contributed by atoms with Gasteiger partial charge in [-0.3, -0.25) is 0 Å². The van der Waals surface area contributed by atoms with Gasteiger partial charge < -0.3 is 15.3 Å². The number of aromatic nitrogens is 4. The largest absolute Gasteiger partial charge is 0.392 e. The minimum absolute atomic E-state index is 0.0404. The van der Waals surface area contributed by atoms with Gasteiger partial charge in [-0.25, -0.2) is 0 Å². The Morgan fingerprint density at radius 3 is 2.41 bits per heavy atom. The van der Waals surface area contributed by atoms with E-state index in [1.165, 1.54) is 11.8 Å². The Bertz CT molecular complexity index is 842. The van der Waals surface area contributed by atoms with Crippen molar-refractivity contribution in [2.24, 2.45) is 5.92 Å². The number of tetrazole rings is 1. The number of thioether (sulfide) groups is 1. The summed E-state index contributed by atoms with van der Waals surface area (Å²) in [4.78, 5) is 0. The first-order valence-corrected chi connectivity index (χ1v) is 9.61. The van der Waals surface area contributed by atoms with Crippen molar-refractivity contribution in [1.29, 1.82) is 0 Å². The van der Waals surface area contributed by atoms with Gasteiger partial charge in [0.15, 0.2) is 0 Å². The summed E-state index contributed by atoms with van der Waals surface area (Å²) in [5, 5.41) is 42.4. The van der Waals surface area contributed by atoms with Crippen molar-refractivity contribution in [3.63, 3.8) is 0 Å². The normalized spacial score (nSPS) is 14.7. The fourth-order valence-electron chi connectivity index (χ4n) is 2.65. The van der Waals surface area contributed by atoms with Gasteiger partial charge in [-0.1, -0.05) is 61.2 Å². The molecule has 0 radical (unpaired) electrons. The van der Waals surface area contributed by atoms with E-state index in [0.717, 1.165) is 11.3 Å². The van der Waals surface area contributed by atoms with Gasteiger partial charge >= 0.3 is 0 Å². The molecular weight excluding hydrogens is 364 g/mol. The van der Waals surface area contributed by atoms with E-state index < -0.39 is 12.2 Å². The van der Waals surface area contributed by atoms with Crippen molar-refractivity contribution in [3.05, 3.63) is 65.7 Å². The van der Waals surface area contributed by atoms with Gasteiger partial charge in [0, 0.05) is 11.7 Å². The van der Waals surface area contributed by atoms with E-state index in [4.69, 9.17) is 5.11 Å². The van der Waals surface area contributed by atoms with Crippen molar-refractivity contribution in [3.8, 4) is 5.69 Å². The van der Waals surface area contributed by atoms with Gasteiger partial charge in [-0.15, -0.1) is 5.10 Å². The molecule has 3 N–H and O–H groups in total. The predicted octanol–water partition coefficient (Wildman–Crippen LogP) is 1.98. The van der Waals surface area contributed by atoms with Crippen molar-refractivity contribution < 1.29 is 15.3 Å². The topological polar surface area (TPSA) is 104 Å². The van der Waals surface area contributed by atoms with E-state index in [1.807, 2.05) is 30.3 Å². The van der Waals surface area contributed by atoms with Crippen LogP contribution in [0.2, 0.25) is 0 Å². The zero-order valence-corrected chi connectivity index (χ0v) is 15.7. The van der Waals surface area contributed by atoms with Crippen LogP contribution in [0.15, 0.2) is 59.8 Å². The third-order valence-electron chi connectivity index (χ3n) is 4.43. The van der Waals surface area contributed by atoms with E-state index in [9.17, 15) is 10.2 Å². The maximum absolute atomic E-state index is 10.5. The highest BCUT2D eigenvalue weighted by Crippen LogP contribution is 2.28. The van der Waals surface area contributed by atoms with E-state index in [-0.39, 0.29) is 12.5 Å². The molecule has 1 aromatic heterocycles. The second kappa shape index (κ2) is 9.09. The summed E-state index contributed by atoms with van der Waals surface area (Å²) in [5.74, 6) is -0.0290. The van der Waals surface area contributed by atoms with Gasteiger partial charge in [0.1, 0.15) is 0 Å². The van der Waals surface area contributed by atoms with Crippen LogP contribution in [0.1, 0.15) is 24.2 Å². The van der Waals surface area contributed by atoms with Gasteiger partial charge in [0.25, 0.3) is 0 Å². The van der Waals surface area contributed by atoms with Crippen LogP contribution in [0.5, 0.6) is 0 Å². The van der Waals surface area contributed by atoms with E-state index in [2.05, 4.69) is 15.5 Å². The summed E-state index contributed by atoms with van der Waals surface area (Å²) in [6.45, 7) is 1.76. The Hall–Kier alpha value is -2.26. The van der Waals surface area contributed by atoms with Crippen molar-refractivity contribution in [2.75, 3.05) is 5.75 Å². The van der Waals surface area contributed by atoms with Crippen LogP contribution >= 0.6 is 11.8 Å². The molecule has 0 aliphatic carbocycles. The average molecular weight is 386 g/mol. The molecular formula is C19H22N4O3S. The third kappa shape index (κ3) is 4.72. The lowest BCUT2D eigenvalue weighted by molar-refractivity contribution is 0.0330. The fourth-order valence-corrected chi connectivity index (χ4v) is 3.63. The molecule has 7 nitrogen and oxygen atoms in total. The molecule has 0 bridgehead atoms. The molecule has 27 heavy (non-hydrogen) atoms. The summed E-state index contributed by atoms with van der Waals surface area (Å²) in [7, 11) is 0. The Labute approximate surface area is 161 Å². The number of aliphatic hydroxyl groups excluding tert-OH is 3. The molecule has 142 valence electrons. The van der Waals surface area contributed by atoms with Gasteiger partial charge in [0.2, 0.25) is 5.16 Å². The highest BCUT2D eigenvalue weighted by molar-refractivity contribution is 7.99. The lowest BCUT2D eigenvalue weighted by Gasteiger charge is -2.24. The molecule has 0 fully saturated rings. The van der Waals surface area contributed by atoms with Crippen molar-refractivity contribution >= 4 is 11.8 Å². The number of hydrogen-bond acceptors (Lipinski definition) is 7. The van der Waals surface area contributed by atoms with Crippen molar-refractivity contribution in [1.82, 2.24) is 20.2 Å². The Morgan fingerprint density at radius 1 is 1.04 bits per heavy atom. The lowest BCUT2D eigenvalue weighted by Crippen LogP contribution is -2.26. The lowest BCUT2D eigenvalue weighted by atomic mass is 9.93. The standard InChI is InChI=1S/C19H22N4O3S/c1-13(18(26)15-9-7-14(11-24)8-10-15)17(25)12-27-19-20-21-22-23(19)16-5-3-2-4-6-16/h2-10,13,17-18,24-26H,11-12H2,1H3/t13-,17+,18+/m0/s1. The molecule has 0 saturated carbocycles. The second-order valence-electron chi connectivity index (χ2n) is 6.29. The van der Waals surface area contributed by atoms with Crippen LogP contribution in [0.25, 0.3) is 5.69 Å². The molecule has 0 aliphatic rings. The molecule has 3 rings (SSSR count). The maximum atomic E-state index is 10.5. The average Bonchev–Trinajstić information content (AvgIpc) is 3.20. The summed E-state index contributed by atoms with van der Waals surface area (Å²) in [6, 6.07) is 16.6. The summed E-state index contributed by atoms with van der Waals surface area (Å²) >= 11 is 1.34. The number of aliphatic hydroxyl groups is 3. The summed E-state index contributed by atoms with van der Waals surface area (Å²) < 4.78 is 1.62. The number of nitrogens with zero attached hydrogens (tertiary/aromatic N) is 4. The zero-order valence-electron chi connectivity index (χ0n) is 14.9. The Morgan fingerprint density at radius 2 is 1.74 bits per heavy atom. The molecule has 0 saturated heterocycles. The minimum Gasteiger partial charge on any atom is -0.392 e. The number of para-hydroxylation sites is 1. The smallest absolute Gasteiger partial charge is 0.214 e. The zero-order chi connectivity index (χ0) is 19.2. The SMILES string of the molecule is C[C@@H]([C@H](O)CSc1nnnn1-c1ccccc1)[C@@H](O)c1ccc(CO)cc1. The Kier molecular flexibility index (Phi) is 6.57. The highest BCUT2D eigenvalue weighted by Gasteiger charge is 2.25. The van der Waals surface area contributed by atoms with Crippen LogP contribution in [0.4, 0.5) is 0 Å². The number of rotatable bonds is 8. The van der Waals surface area contributed by atoms with Gasteiger partial charge in [0.05, 0.1) is 24.5 Å². The predicted molar refractivity (Wildman–Crippen MR) is 102 cm³/mol. The summed E-state index contributed by atoms with van der Waals surface area (Å²) in [6.07, 6.45) is -1.55. The fraction of sp³-hybridized carbons (Fsp3) is 0.316. The molecule has 0 unspecified atom stereocenters. The number of benzene rings is 2. The molecule has 0 aliphatic heterocycles. The maximum Gasteiger partial charge on any atom is 0.214 e. The van der Waals surface area contributed by atoms with E-state index in [0.29, 0.717) is 16.5 Å². The quantitative estimate of drug-likeness (QED) is 0.509. The number of hydrogen-bond donors (Lipinski definition) is 3. The van der Waals surface area contributed by atoms with Crippen LogP contribution < -0.4 is 0 Å². The Balaban J connectivity index is 1.62. The van der Waals surface area contributed by atoms with Crippen LogP contribution in [-0.2, 0) is 6.61 Å². The molecule has 0 spiro atoms. The van der Waals surface area contributed by atoms with Crippen LogP contribution in [-0.4, -0.2) is 47.4 Å². The molecule has 8 heteroatoms. The third-order valence-corrected chi connectivity index (χ3v) is 5.45.